The summed E-state index contributed by atoms with van der Waals surface area (Å²) in [6.45, 7) is 4.54. The van der Waals surface area contributed by atoms with Crippen LogP contribution in [0.1, 0.15) is 12.8 Å². The van der Waals surface area contributed by atoms with Crippen molar-refractivity contribution in [2.75, 3.05) is 50.5 Å². The topological polar surface area (TPSA) is 122 Å². The van der Waals surface area contributed by atoms with Crippen LogP contribution in [-0.2, 0) is 21.3 Å². The molecule has 0 atom stereocenters. The Morgan fingerprint density at radius 3 is 2.63 bits per heavy atom. The Balaban J connectivity index is 1.40. The van der Waals surface area contributed by atoms with Crippen LogP contribution in [0.3, 0.4) is 0 Å². The average Bonchev–Trinajstić information content (AvgIpc) is 3.51. The Bertz CT molecular complexity index is 1470. The van der Waals surface area contributed by atoms with Gasteiger partial charge in [-0.15, -0.1) is 0 Å². The minimum absolute atomic E-state index is 0.332. The molecule has 5 heterocycles. The van der Waals surface area contributed by atoms with Gasteiger partial charge in [0.1, 0.15) is 0 Å². The first-order valence-electron chi connectivity index (χ1n) is 11.9. The number of aromatic nitrogens is 6. The Kier molecular flexibility index (Phi) is 5.66. The van der Waals surface area contributed by atoms with Gasteiger partial charge in [0.15, 0.2) is 5.65 Å². The standard InChI is InChI=1S/C23H28N8O3S/c1-35(32,33)30-7-5-16(6-8-30)15-31-22-19(14-25-31)21(17-3-2-4-20-18(17)13-24-28-20)26-23(27-22)29-9-11-34-12-10-29/h2-4,13-14,16H,5-12,15H2,1H3,(H,24,28). The van der Waals surface area contributed by atoms with E-state index in [1.165, 1.54) is 6.26 Å². The van der Waals surface area contributed by atoms with Gasteiger partial charge in [0.05, 0.1) is 48.5 Å². The SMILES string of the molecule is CS(=O)(=O)N1CCC(Cn2ncc3c(-c4cccc5[nH]ncc45)nc(N4CCOCC4)nc32)CC1. The largest absolute Gasteiger partial charge is 0.378 e. The van der Waals surface area contributed by atoms with E-state index >= 15 is 0 Å². The van der Waals surface area contributed by atoms with Gasteiger partial charge in [0.25, 0.3) is 0 Å². The predicted molar refractivity (Wildman–Crippen MR) is 133 cm³/mol. The minimum Gasteiger partial charge on any atom is -0.378 e. The van der Waals surface area contributed by atoms with Crippen molar-refractivity contribution in [3.05, 3.63) is 30.6 Å². The number of fused-ring (bicyclic) bond motifs is 2. The van der Waals surface area contributed by atoms with Crippen molar-refractivity contribution in [2.45, 2.75) is 19.4 Å². The highest BCUT2D eigenvalue weighted by Crippen LogP contribution is 2.33. The van der Waals surface area contributed by atoms with E-state index in [4.69, 9.17) is 19.8 Å². The van der Waals surface area contributed by atoms with E-state index in [2.05, 4.69) is 21.2 Å². The third-order valence-electron chi connectivity index (χ3n) is 6.99. The van der Waals surface area contributed by atoms with Gasteiger partial charge in [-0.3, -0.25) is 5.10 Å². The fourth-order valence-electron chi connectivity index (χ4n) is 5.03. The number of nitrogens with one attached hydrogen (secondary N) is 1. The molecule has 184 valence electrons. The number of nitrogens with zero attached hydrogens (tertiary/aromatic N) is 7. The van der Waals surface area contributed by atoms with Crippen molar-refractivity contribution < 1.29 is 13.2 Å². The molecule has 11 nitrogen and oxygen atoms in total. The number of piperidine rings is 1. The number of aromatic amines is 1. The van der Waals surface area contributed by atoms with Crippen molar-refractivity contribution in [3.8, 4) is 11.3 Å². The molecule has 6 rings (SSSR count). The number of sulfonamides is 1. The molecule has 2 aliphatic rings. The number of hydrogen-bond donors (Lipinski definition) is 1. The number of morpholine rings is 1. The molecular formula is C23H28N8O3S. The van der Waals surface area contributed by atoms with Crippen molar-refractivity contribution >= 4 is 37.9 Å². The molecule has 0 unspecified atom stereocenters. The maximum absolute atomic E-state index is 11.9. The van der Waals surface area contributed by atoms with Crippen molar-refractivity contribution in [1.82, 2.24) is 34.3 Å². The summed E-state index contributed by atoms with van der Waals surface area (Å²) in [6.07, 6.45) is 6.56. The van der Waals surface area contributed by atoms with E-state index < -0.39 is 10.0 Å². The van der Waals surface area contributed by atoms with Crippen molar-refractivity contribution in [2.24, 2.45) is 5.92 Å². The van der Waals surface area contributed by atoms with E-state index in [1.54, 1.807) is 4.31 Å². The number of rotatable bonds is 5. The summed E-state index contributed by atoms with van der Waals surface area (Å²) in [5.74, 6) is 1.00. The second-order valence-electron chi connectivity index (χ2n) is 9.28. The van der Waals surface area contributed by atoms with Gasteiger partial charge in [-0.1, -0.05) is 12.1 Å². The Morgan fingerprint density at radius 2 is 1.86 bits per heavy atom. The molecule has 2 aliphatic heterocycles. The molecule has 4 aromatic rings. The molecule has 12 heteroatoms. The van der Waals surface area contributed by atoms with E-state index in [0.717, 1.165) is 59.1 Å². The molecule has 0 aliphatic carbocycles. The highest BCUT2D eigenvalue weighted by atomic mass is 32.2. The quantitative estimate of drug-likeness (QED) is 0.444. The highest BCUT2D eigenvalue weighted by Gasteiger charge is 2.27. The monoisotopic (exact) mass is 496 g/mol. The Labute approximate surface area is 203 Å². The third-order valence-corrected chi connectivity index (χ3v) is 8.30. The number of ether oxygens (including phenoxy) is 1. The van der Waals surface area contributed by atoms with Crippen molar-refractivity contribution in [1.29, 1.82) is 0 Å². The fraction of sp³-hybridized carbons (Fsp3) is 0.478. The summed E-state index contributed by atoms with van der Waals surface area (Å²) >= 11 is 0. The third kappa shape index (κ3) is 4.26. The fourth-order valence-corrected chi connectivity index (χ4v) is 5.90. The van der Waals surface area contributed by atoms with Gasteiger partial charge in [-0.25, -0.2) is 22.4 Å². The second kappa shape index (κ2) is 8.85. The molecule has 0 bridgehead atoms. The van der Waals surface area contributed by atoms with E-state index in [0.29, 0.717) is 44.7 Å². The van der Waals surface area contributed by atoms with E-state index in [1.807, 2.05) is 29.2 Å². The first-order chi connectivity index (χ1) is 17.0. The summed E-state index contributed by atoms with van der Waals surface area (Å²) in [5.41, 5.74) is 3.57. The zero-order chi connectivity index (χ0) is 24.0. The molecule has 0 saturated carbocycles. The van der Waals surface area contributed by atoms with Crippen LogP contribution in [0.15, 0.2) is 30.6 Å². The van der Waals surface area contributed by atoms with Crippen LogP contribution >= 0.6 is 0 Å². The molecule has 2 fully saturated rings. The van der Waals surface area contributed by atoms with Gasteiger partial charge < -0.3 is 9.64 Å². The van der Waals surface area contributed by atoms with Gasteiger partial charge in [0, 0.05) is 43.7 Å². The van der Waals surface area contributed by atoms with Crippen LogP contribution in [0.5, 0.6) is 0 Å². The maximum Gasteiger partial charge on any atom is 0.228 e. The molecule has 0 amide bonds. The lowest BCUT2D eigenvalue weighted by Gasteiger charge is -2.30. The molecule has 1 N–H and O–H groups in total. The Hall–Kier alpha value is -3.09. The molecule has 35 heavy (non-hydrogen) atoms. The molecule has 1 aromatic carbocycles. The van der Waals surface area contributed by atoms with E-state index in [-0.39, 0.29) is 0 Å². The van der Waals surface area contributed by atoms with Gasteiger partial charge in [-0.05, 0) is 24.8 Å². The predicted octanol–water partition coefficient (Wildman–Crippen LogP) is 1.88. The summed E-state index contributed by atoms with van der Waals surface area (Å²) < 4.78 is 32.8. The Morgan fingerprint density at radius 1 is 1.06 bits per heavy atom. The van der Waals surface area contributed by atoms with E-state index in [9.17, 15) is 8.42 Å². The first kappa shape index (κ1) is 22.4. The first-order valence-corrected chi connectivity index (χ1v) is 13.8. The summed E-state index contributed by atoms with van der Waals surface area (Å²) in [4.78, 5) is 12.1. The normalized spacial score (nSPS) is 18.6. The average molecular weight is 497 g/mol. The lowest BCUT2D eigenvalue weighted by molar-refractivity contribution is 0.122. The number of anilines is 1. The highest BCUT2D eigenvalue weighted by molar-refractivity contribution is 7.88. The maximum atomic E-state index is 11.9. The molecule has 0 radical (unpaired) electrons. The second-order valence-corrected chi connectivity index (χ2v) is 11.3. The van der Waals surface area contributed by atoms with Crippen LogP contribution in [0.25, 0.3) is 33.2 Å². The lowest BCUT2D eigenvalue weighted by Crippen LogP contribution is -2.38. The van der Waals surface area contributed by atoms with Gasteiger partial charge in [-0.2, -0.15) is 15.2 Å². The zero-order valence-electron chi connectivity index (χ0n) is 19.6. The van der Waals surface area contributed by atoms with Crippen LogP contribution in [0, 0.1) is 5.92 Å². The zero-order valence-corrected chi connectivity index (χ0v) is 20.4. The van der Waals surface area contributed by atoms with Crippen LogP contribution in [-0.4, -0.2) is 88.3 Å². The number of benzene rings is 1. The number of hydrogen-bond acceptors (Lipinski definition) is 8. The van der Waals surface area contributed by atoms with Crippen molar-refractivity contribution in [3.63, 3.8) is 0 Å². The minimum atomic E-state index is -3.15. The number of H-pyrrole nitrogens is 1. The molecule has 0 spiro atoms. The lowest BCUT2D eigenvalue weighted by atomic mass is 9.98. The molecule has 2 saturated heterocycles. The smallest absolute Gasteiger partial charge is 0.228 e. The van der Waals surface area contributed by atoms with Crippen LogP contribution in [0.4, 0.5) is 5.95 Å². The summed E-state index contributed by atoms with van der Waals surface area (Å²) in [7, 11) is -3.15. The summed E-state index contributed by atoms with van der Waals surface area (Å²) in [6, 6.07) is 6.05. The van der Waals surface area contributed by atoms with Crippen LogP contribution < -0.4 is 4.90 Å². The molecular weight excluding hydrogens is 468 g/mol. The summed E-state index contributed by atoms with van der Waals surface area (Å²) in [5, 5.41) is 13.9. The molecule has 3 aromatic heterocycles. The van der Waals surface area contributed by atoms with Gasteiger partial charge in [0.2, 0.25) is 16.0 Å². The van der Waals surface area contributed by atoms with Crippen LogP contribution in [0.2, 0.25) is 0 Å². The van der Waals surface area contributed by atoms with Gasteiger partial charge >= 0.3 is 0 Å².